The van der Waals surface area contributed by atoms with Crippen molar-refractivity contribution in [1.29, 1.82) is 0 Å². The second-order valence-electron chi connectivity index (χ2n) is 5.46. The topological polar surface area (TPSA) is 106 Å². The van der Waals surface area contributed by atoms with Gasteiger partial charge in [-0.2, -0.15) is 0 Å². The summed E-state index contributed by atoms with van der Waals surface area (Å²) in [6.45, 7) is 6.75. The predicted octanol–water partition coefficient (Wildman–Crippen LogP) is -2.45. The first-order valence-corrected chi connectivity index (χ1v) is 7.59. The Labute approximate surface area is 124 Å². The minimum Gasteiger partial charge on any atom is -0.222 e. The average molecular weight is 310 g/mol. The zero-order valence-electron chi connectivity index (χ0n) is 12.0. The number of benzene rings is 2. The molecule has 0 unspecified atom stereocenters. The highest BCUT2D eigenvalue weighted by molar-refractivity contribution is 6.00. The van der Waals surface area contributed by atoms with Gasteiger partial charge in [0.15, 0.2) is 5.71 Å². The van der Waals surface area contributed by atoms with E-state index in [2.05, 4.69) is 62.2 Å². The van der Waals surface area contributed by atoms with Crippen LogP contribution in [-0.2, 0) is 5.41 Å². The molecular weight excluding hydrogens is 294 g/mol. The monoisotopic (exact) mass is 309 g/mol. The lowest BCUT2D eigenvalue weighted by molar-refractivity contribution is -2.00. The zero-order valence-corrected chi connectivity index (χ0v) is 12.7. The largest absolute Gasteiger partial charge is 0.222 e. The zero-order chi connectivity index (χ0) is 15.8. The maximum atomic E-state index is 8.49. The molecule has 5 nitrogen and oxygen atoms in total. The Morgan fingerprint density at radius 3 is 2.14 bits per heavy atom. The second-order valence-corrected chi connectivity index (χ2v) is 6.22. The summed E-state index contributed by atoms with van der Waals surface area (Å²) >= 11 is 0. The summed E-state index contributed by atoms with van der Waals surface area (Å²) in [5.74, 6) is 0. The van der Waals surface area contributed by atoms with Gasteiger partial charge in [-0.05, 0) is 30.7 Å². The molecule has 1 N–H and O–H groups in total. The quantitative estimate of drug-likeness (QED) is 0.583. The smallest absolute Gasteiger partial charge is 0.208 e. The molecule has 0 saturated carbocycles. The van der Waals surface area contributed by atoms with E-state index >= 15 is 0 Å². The van der Waals surface area contributed by atoms with Crippen molar-refractivity contribution < 1.29 is 33.9 Å². The molecule has 0 spiro atoms. The predicted molar refractivity (Wildman–Crippen MR) is 68.3 cm³/mol. The van der Waals surface area contributed by atoms with Crippen molar-refractivity contribution in [3.8, 4) is 0 Å². The fourth-order valence-corrected chi connectivity index (χ4v) is 2.59. The van der Waals surface area contributed by atoms with Crippen molar-refractivity contribution in [3.63, 3.8) is 0 Å². The molecule has 0 amide bonds. The first-order chi connectivity index (χ1) is 9.60. The molecule has 2 aromatic carbocycles. The highest BCUT2D eigenvalue weighted by atomic mass is 35.7. The summed E-state index contributed by atoms with van der Waals surface area (Å²) in [4.78, 5) is 3.50. The molecule has 1 aliphatic heterocycles. The van der Waals surface area contributed by atoms with Crippen LogP contribution in [0.15, 0.2) is 36.4 Å². The lowest BCUT2D eigenvalue weighted by Crippen LogP contribution is -2.68. The van der Waals surface area contributed by atoms with Crippen LogP contribution >= 0.6 is 0 Å². The molecule has 0 fully saturated rings. The first kappa shape index (κ1) is 15.9. The van der Waals surface area contributed by atoms with Gasteiger partial charge in [-0.1, -0.05) is 24.3 Å². The molecule has 0 aromatic heterocycles. The Balaban J connectivity index is 0.000000282. The van der Waals surface area contributed by atoms with Gasteiger partial charge in [-0.25, -0.2) is 23.6 Å². The van der Waals surface area contributed by atoms with Gasteiger partial charge in [0.2, 0.25) is 5.69 Å². The maximum Gasteiger partial charge on any atom is 0.208 e. The third-order valence-corrected chi connectivity index (χ3v) is 3.81. The molecule has 21 heavy (non-hydrogen) atoms. The van der Waals surface area contributed by atoms with Crippen molar-refractivity contribution in [2.45, 2.75) is 26.2 Å². The van der Waals surface area contributed by atoms with Crippen molar-refractivity contribution in [3.05, 3.63) is 42.0 Å². The molecule has 0 bridgehead atoms. The SMILES string of the molecule is CC1=[NH+]c2ccc3ccccc3c2C1(C)C.[O-][Cl+3]([O-])([O-])[O-]. The standard InChI is InChI=1S/C15H15N.ClHO4/c1-10-15(2,3)14-12-7-5-4-6-11(12)8-9-13(14)16-10;2-1(3,4)5/h4-9H,1-3H3;(H,2,3,4,5). The Morgan fingerprint density at radius 1 is 0.952 bits per heavy atom. The van der Waals surface area contributed by atoms with Crippen LogP contribution in [0.25, 0.3) is 10.8 Å². The Hall–Kier alpha value is -1.50. The van der Waals surface area contributed by atoms with Crippen molar-refractivity contribution in [1.82, 2.24) is 0 Å². The highest BCUT2D eigenvalue weighted by Crippen LogP contribution is 2.36. The summed E-state index contributed by atoms with van der Waals surface area (Å²) in [5.41, 5.74) is 4.15. The molecule has 2 aromatic rings. The van der Waals surface area contributed by atoms with Gasteiger partial charge in [0, 0.05) is 18.6 Å². The number of rotatable bonds is 0. The van der Waals surface area contributed by atoms with Crippen molar-refractivity contribution in [2.75, 3.05) is 0 Å². The molecule has 0 radical (unpaired) electrons. The summed E-state index contributed by atoms with van der Waals surface area (Å²) in [6, 6.07) is 13.0. The average Bonchev–Trinajstić information content (AvgIpc) is 2.58. The Morgan fingerprint density at radius 2 is 1.52 bits per heavy atom. The molecular formula is C15H16ClNO4. The van der Waals surface area contributed by atoms with Gasteiger partial charge in [0.25, 0.3) is 0 Å². The lowest BCUT2D eigenvalue weighted by atomic mass is 9.80. The van der Waals surface area contributed by atoms with E-state index in [0.717, 1.165) is 0 Å². The third-order valence-electron chi connectivity index (χ3n) is 3.81. The van der Waals surface area contributed by atoms with Gasteiger partial charge in [0.05, 0.1) is 5.41 Å². The van der Waals surface area contributed by atoms with Crippen LogP contribution in [0.4, 0.5) is 5.69 Å². The summed E-state index contributed by atoms with van der Waals surface area (Å²) in [5, 5.41) is 2.69. The highest BCUT2D eigenvalue weighted by Gasteiger charge is 2.39. The van der Waals surface area contributed by atoms with E-state index in [1.807, 2.05) is 0 Å². The molecule has 6 heteroatoms. The molecule has 0 atom stereocenters. The van der Waals surface area contributed by atoms with Gasteiger partial charge in [-0.3, -0.25) is 0 Å². The number of fused-ring (bicyclic) bond motifs is 3. The number of halogens is 1. The van der Waals surface area contributed by atoms with Crippen molar-refractivity contribution >= 4 is 22.2 Å². The van der Waals surface area contributed by atoms with Crippen LogP contribution in [-0.4, -0.2) is 5.71 Å². The van der Waals surface area contributed by atoms with Crippen LogP contribution in [0.2, 0.25) is 0 Å². The van der Waals surface area contributed by atoms with Gasteiger partial charge >= 0.3 is 0 Å². The fraction of sp³-hybridized carbons (Fsp3) is 0.267. The van der Waals surface area contributed by atoms with Gasteiger partial charge < -0.3 is 0 Å². The van der Waals surface area contributed by atoms with Crippen LogP contribution in [0.5, 0.6) is 0 Å². The van der Waals surface area contributed by atoms with E-state index in [1.54, 1.807) is 0 Å². The van der Waals surface area contributed by atoms with E-state index in [4.69, 9.17) is 18.6 Å². The maximum absolute atomic E-state index is 8.49. The summed E-state index contributed by atoms with van der Waals surface area (Å²) in [6.07, 6.45) is 0. The number of hydrogen-bond donors (Lipinski definition) is 1. The third kappa shape index (κ3) is 3.40. The van der Waals surface area contributed by atoms with Crippen LogP contribution in [0.1, 0.15) is 26.3 Å². The first-order valence-electron chi connectivity index (χ1n) is 6.36. The van der Waals surface area contributed by atoms with E-state index in [1.165, 1.54) is 27.7 Å². The molecule has 0 saturated heterocycles. The number of hydrogen-bond acceptors (Lipinski definition) is 4. The van der Waals surface area contributed by atoms with E-state index in [9.17, 15) is 0 Å². The molecule has 1 heterocycles. The lowest BCUT2D eigenvalue weighted by Gasteiger charge is -2.17. The van der Waals surface area contributed by atoms with Crippen LogP contribution in [0, 0.1) is 10.2 Å². The minimum atomic E-state index is -4.94. The molecule has 0 aliphatic carbocycles. The van der Waals surface area contributed by atoms with E-state index in [-0.39, 0.29) is 5.41 Å². The fourth-order valence-electron chi connectivity index (χ4n) is 2.59. The molecule has 112 valence electrons. The minimum absolute atomic E-state index is 0.121. The van der Waals surface area contributed by atoms with Crippen LogP contribution in [0.3, 0.4) is 0 Å². The normalized spacial score (nSPS) is 16.0. The van der Waals surface area contributed by atoms with E-state index in [0.29, 0.717) is 0 Å². The summed E-state index contributed by atoms with van der Waals surface area (Å²) < 4.78 is 34.0. The summed E-state index contributed by atoms with van der Waals surface area (Å²) in [7, 11) is -4.94. The van der Waals surface area contributed by atoms with Crippen LogP contribution < -0.4 is 23.6 Å². The van der Waals surface area contributed by atoms with Gasteiger partial charge in [0.1, 0.15) is 0 Å². The van der Waals surface area contributed by atoms with Gasteiger partial charge in [-0.15, -0.1) is 10.2 Å². The molecule has 1 aliphatic rings. The number of nitrogens with one attached hydrogen (secondary N) is 1. The Bertz CT molecular complexity index is 698. The Kier molecular flexibility index (Phi) is 4.06. The second kappa shape index (κ2) is 5.36. The van der Waals surface area contributed by atoms with Crippen molar-refractivity contribution in [2.24, 2.45) is 0 Å². The van der Waals surface area contributed by atoms with E-state index < -0.39 is 10.2 Å². The molecule has 3 rings (SSSR count).